The van der Waals surface area contributed by atoms with Crippen molar-refractivity contribution in [1.29, 1.82) is 5.26 Å². The molecule has 0 unspecified atom stereocenters. The minimum absolute atomic E-state index is 0.175. The summed E-state index contributed by atoms with van der Waals surface area (Å²) < 4.78 is 3.67. The maximum absolute atomic E-state index is 9.45. The maximum Gasteiger partial charge on any atom is 0.221 e. The van der Waals surface area contributed by atoms with Crippen molar-refractivity contribution in [1.82, 2.24) is 34.7 Å². The first kappa shape index (κ1) is 18.9. The van der Waals surface area contributed by atoms with Crippen molar-refractivity contribution in [2.45, 2.75) is 39.3 Å². The molecule has 0 aliphatic heterocycles. The number of nitriles is 1. The van der Waals surface area contributed by atoms with Gasteiger partial charge in [0.25, 0.3) is 0 Å². The Morgan fingerprint density at radius 3 is 2.71 bits per heavy atom. The average molecular weight is 411 g/mol. The van der Waals surface area contributed by atoms with E-state index in [1.807, 2.05) is 41.3 Å². The van der Waals surface area contributed by atoms with E-state index >= 15 is 0 Å². The van der Waals surface area contributed by atoms with Crippen LogP contribution in [0.2, 0.25) is 0 Å². The molecule has 154 valence electrons. The summed E-state index contributed by atoms with van der Waals surface area (Å²) in [6.07, 6.45) is 5.28. The van der Waals surface area contributed by atoms with Crippen LogP contribution in [0.1, 0.15) is 42.3 Å². The van der Waals surface area contributed by atoms with Gasteiger partial charge in [-0.2, -0.15) is 10.4 Å². The highest BCUT2D eigenvalue weighted by molar-refractivity contribution is 5.78. The molecule has 0 fully saturated rings. The predicted molar refractivity (Wildman–Crippen MR) is 115 cm³/mol. The lowest BCUT2D eigenvalue weighted by atomic mass is 9.85. The molecule has 3 heterocycles. The number of hydrogen-bond acceptors (Lipinski definition) is 7. The van der Waals surface area contributed by atoms with Crippen LogP contribution in [0.3, 0.4) is 0 Å². The second kappa shape index (κ2) is 7.32. The summed E-state index contributed by atoms with van der Waals surface area (Å²) in [5.41, 5.74) is 12.7. The van der Waals surface area contributed by atoms with Gasteiger partial charge in [-0.25, -0.2) is 14.6 Å². The highest BCUT2D eigenvalue weighted by Gasteiger charge is 2.25. The molecule has 5 rings (SSSR count). The summed E-state index contributed by atoms with van der Waals surface area (Å²) in [7, 11) is 0. The van der Waals surface area contributed by atoms with E-state index in [-0.39, 0.29) is 5.95 Å². The smallest absolute Gasteiger partial charge is 0.221 e. The second-order valence-electron chi connectivity index (χ2n) is 7.88. The summed E-state index contributed by atoms with van der Waals surface area (Å²) in [5, 5.41) is 22.6. The molecule has 0 spiro atoms. The molecular formula is C22H21N9. The van der Waals surface area contributed by atoms with Gasteiger partial charge in [-0.05, 0) is 44.4 Å². The number of hydrogen-bond donors (Lipinski definition) is 1. The topological polar surface area (TPSA) is 124 Å². The molecule has 4 aromatic rings. The summed E-state index contributed by atoms with van der Waals surface area (Å²) in [4.78, 5) is 8.99. The van der Waals surface area contributed by atoms with Crippen molar-refractivity contribution in [2.24, 2.45) is 0 Å². The van der Waals surface area contributed by atoms with E-state index in [1.165, 1.54) is 0 Å². The van der Waals surface area contributed by atoms with Gasteiger partial charge in [0.2, 0.25) is 5.95 Å². The number of benzene rings is 1. The third-order valence-electron chi connectivity index (χ3n) is 5.50. The minimum Gasteiger partial charge on any atom is -0.368 e. The lowest BCUT2D eigenvalue weighted by molar-refractivity contribution is 0.519. The largest absolute Gasteiger partial charge is 0.368 e. The van der Waals surface area contributed by atoms with Gasteiger partial charge in [0.15, 0.2) is 0 Å². The fourth-order valence-corrected chi connectivity index (χ4v) is 4.00. The molecule has 2 N–H and O–H groups in total. The fourth-order valence-electron chi connectivity index (χ4n) is 4.00. The van der Waals surface area contributed by atoms with Crippen molar-refractivity contribution >= 4 is 5.95 Å². The Kier molecular flexibility index (Phi) is 4.47. The molecule has 0 saturated heterocycles. The molecule has 9 nitrogen and oxygen atoms in total. The lowest BCUT2D eigenvalue weighted by Gasteiger charge is -2.21. The van der Waals surface area contributed by atoms with E-state index in [2.05, 4.69) is 45.3 Å². The average Bonchev–Trinajstić information content (AvgIpc) is 3.43. The standard InChI is InChI=1S/C22H21N9/c1-13(2)31-9-8-15(28-31)11-30-12-19(27-29-30)21-18-7-6-16-14(10-23)4-3-5-17(16)20(18)25-22(24)26-21/h3-5,8-9,12-13H,6-7,11H2,1-2H3,(H2,24,25,26). The van der Waals surface area contributed by atoms with Gasteiger partial charge in [0.05, 0.1) is 35.8 Å². The Balaban J connectivity index is 1.52. The molecule has 0 radical (unpaired) electrons. The van der Waals surface area contributed by atoms with E-state index in [1.54, 1.807) is 4.68 Å². The van der Waals surface area contributed by atoms with E-state index in [0.717, 1.165) is 34.5 Å². The predicted octanol–water partition coefficient (Wildman–Crippen LogP) is 2.78. The van der Waals surface area contributed by atoms with Gasteiger partial charge in [0.1, 0.15) is 11.4 Å². The van der Waals surface area contributed by atoms with Crippen LogP contribution in [0.4, 0.5) is 5.95 Å². The fraction of sp³-hybridized carbons (Fsp3) is 0.273. The van der Waals surface area contributed by atoms with Crippen LogP contribution in [-0.4, -0.2) is 34.7 Å². The summed E-state index contributed by atoms with van der Waals surface area (Å²) in [6, 6.07) is 10.2. The molecule has 31 heavy (non-hydrogen) atoms. The molecule has 0 saturated carbocycles. The first-order chi connectivity index (χ1) is 15.0. The molecule has 0 atom stereocenters. The number of fused-ring (bicyclic) bond motifs is 3. The van der Waals surface area contributed by atoms with Crippen molar-refractivity contribution in [3.8, 4) is 28.7 Å². The van der Waals surface area contributed by atoms with Gasteiger partial charge in [-0.15, -0.1) is 5.10 Å². The Labute approximate surface area is 179 Å². The Bertz CT molecular complexity index is 1320. The SMILES string of the molecule is CC(C)n1ccc(Cn2cc(-c3nc(N)nc4c3CCc3c(C#N)cccc3-4)nn2)n1. The number of nitrogens with zero attached hydrogens (tertiary/aromatic N) is 8. The van der Waals surface area contributed by atoms with Gasteiger partial charge in [-0.1, -0.05) is 17.3 Å². The van der Waals surface area contributed by atoms with Crippen molar-refractivity contribution < 1.29 is 0 Å². The quantitative estimate of drug-likeness (QED) is 0.547. The molecular weight excluding hydrogens is 390 g/mol. The normalized spacial score (nSPS) is 12.5. The zero-order chi connectivity index (χ0) is 21.5. The van der Waals surface area contributed by atoms with Crippen LogP contribution in [0.5, 0.6) is 0 Å². The highest BCUT2D eigenvalue weighted by atomic mass is 15.4. The number of nitrogen functional groups attached to an aromatic ring is 1. The van der Waals surface area contributed by atoms with E-state index in [4.69, 9.17) is 5.73 Å². The van der Waals surface area contributed by atoms with Crippen molar-refractivity contribution in [3.63, 3.8) is 0 Å². The third kappa shape index (κ3) is 3.32. The zero-order valence-electron chi connectivity index (χ0n) is 17.3. The van der Waals surface area contributed by atoms with Crippen LogP contribution >= 0.6 is 0 Å². The third-order valence-corrected chi connectivity index (χ3v) is 5.50. The number of aromatic nitrogens is 7. The van der Waals surface area contributed by atoms with Crippen molar-refractivity contribution in [3.05, 3.63) is 59.0 Å². The van der Waals surface area contributed by atoms with E-state index in [9.17, 15) is 5.26 Å². The molecule has 0 bridgehead atoms. The monoisotopic (exact) mass is 411 g/mol. The van der Waals surface area contributed by atoms with Gasteiger partial charge < -0.3 is 5.73 Å². The molecule has 3 aromatic heterocycles. The van der Waals surface area contributed by atoms with Crippen LogP contribution < -0.4 is 5.73 Å². The minimum atomic E-state index is 0.175. The Morgan fingerprint density at radius 2 is 1.94 bits per heavy atom. The molecule has 1 aliphatic rings. The number of anilines is 1. The lowest BCUT2D eigenvalue weighted by Crippen LogP contribution is -2.12. The van der Waals surface area contributed by atoms with Gasteiger partial charge in [0, 0.05) is 23.4 Å². The molecule has 0 amide bonds. The van der Waals surface area contributed by atoms with Crippen LogP contribution in [0.25, 0.3) is 22.6 Å². The van der Waals surface area contributed by atoms with Gasteiger partial charge in [-0.3, -0.25) is 4.68 Å². The second-order valence-corrected chi connectivity index (χ2v) is 7.88. The maximum atomic E-state index is 9.45. The summed E-state index contributed by atoms with van der Waals surface area (Å²) in [5.74, 6) is 0.175. The number of rotatable bonds is 4. The number of nitrogens with two attached hydrogens (primary N) is 1. The summed E-state index contributed by atoms with van der Waals surface area (Å²) in [6.45, 7) is 4.69. The summed E-state index contributed by atoms with van der Waals surface area (Å²) >= 11 is 0. The van der Waals surface area contributed by atoms with Gasteiger partial charge >= 0.3 is 0 Å². The van der Waals surface area contributed by atoms with Crippen LogP contribution in [0.15, 0.2) is 36.7 Å². The highest BCUT2D eigenvalue weighted by Crippen LogP contribution is 2.37. The van der Waals surface area contributed by atoms with E-state index < -0.39 is 0 Å². The molecule has 9 heteroatoms. The van der Waals surface area contributed by atoms with E-state index in [0.29, 0.717) is 36.0 Å². The first-order valence-corrected chi connectivity index (χ1v) is 10.2. The van der Waals surface area contributed by atoms with Crippen LogP contribution in [-0.2, 0) is 19.4 Å². The Morgan fingerprint density at radius 1 is 1.13 bits per heavy atom. The first-order valence-electron chi connectivity index (χ1n) is 10.2. The molecule has 1 aliphatic carbocycles. The Hall–Kier alpha value is -4.06. The van der Waals surface area contributed by atoms with Crippen LogP contribution in [0, 0.1) is 11.3 Å². The zero-order valence-corrected chi connectivity index (χ0v) is 17.3. The molecule has 1 aromatic carbocycles. The van der Waals surface area contributed by atoms with Crippen molar-refractivity contribution in [2.75, 3.05) is 5.73 Å².